The number of hydrazine groups is 1. The van der Waals surface area contributed by atoms with Gasteiger partial charge in [-0.2, -0.15) is 0 Å². The van der Waals surface area contributed by atoms with Crippen molar-refractivity contribution >= 4 is 0 Å². The van der Waals surface area contributed by atoms with Crippen LogP contribution in [0.4, 0.5) is 4.39 Å². The third-order valence-electron chi connectivity index (χ3n) is 4.14. The maximum absolute atomic E-state index is 13.4. The van der Waals surface area contributed by atoms with Crippen LogP contribution in [-0.4, -0.2) is 0 Å². The summed E-state index contributed by atoms with van der Waals surface area (Å²) < 4.78 is 13.4. The Morgan fingerprint density at radius 2 is 1.75 bits per heavy atom. The van der Waals surface area contributed by atoms with Gasteiger partial charge in [0.2, 0.25) is 0 Å². The second-order valence-electron chi connectivity index (χ2n) is 5.49. The van der Waals surface area contributed by atoms with Crippen LogP contribution < -0.4 is 11.3 Å². The molecule has 1 unspecified atom stereocenters. The van der Waals surface area contributed by atoms with Crippen molar-refractivity contribution in [2.24, 2.45) is 5.84 Å². The van der Waals surface area contributed by atoms with E-state index in [1.165, 1.54) is 30.0 Å². The van der Waals surface area contributed by atoms with E-state index in [2.05, 4.69) is 23.6 Å². The lowest BCUT2D eigenvalue weighted by atomic mass is 9.95. The van der Waals surface area contributed by atoms with Crippen molar-refractivity contribution < 1.29 is 4.39 Å². The van der Waals surface area contributed by atoms with Gasteiger partial charge in [0.15, 0.2) is 0 Å². The van der Waals surface area contributed by atoms with E-state index in [1.807, 2.05) is 6.07 Å². The Bertz CT molecular complexity index is 637. The highest BCUT2D eigenvalue weighted by atomic mass is 19.1. The molecule has 0 heterocycles. The van der Waals surface area contributed by atoms with Crippen LogP contribution in [0, 0.1) is 12.7 Å². The maximum atomic E-state index is 13.4. The highest BCUT2D eigenvalue weighted by Crippen LogP contribution is 2.28. The predicted molar refractivity (Wildman–Crippen MR) is 78.8 cm³/mol. The Labute approximate surface area is 118 Å². The first-order chi connectivity index (χ1) is 9.69. The molecule has 1 aliphatic carbocycles. The molecule has 0 bridgehead atoms. The summed E-state index contributed by atoms with van der Waals surface area (Å²) in [7, 11) is 0. The summed E-state index contributed by atoms with van der Waals surface area (Å²) in [6.45, 7) is 1.77. The van der Waals surface area contributed by atoms with E-state index >= 15 is 0 Å². The van der Waals surface area contributed by atoms with Crippen LogP contribution in [0.2, 0.25) is 0 Å². The lowest BCUT2D eigenvalue weighted by molar-refractivity contribution is 0.607. The number of aryl methyl sites for hydroxylation is 3. The van der Waals surface area contributed by atoms with Gasteiger partial charge >= 0.3 is 0 Å². The predicted octanol–water partition coefficient (Wildman–Crippen LogP) is 3.18. The standard InChI is InChI=1S/C17H19FN2/c1-11-9-14(7-8-16(11)18)17(20-19)15-6-5-12-3-2-4-13(12)10-15/h5-10,17,20H,2-4,19H2,1H3. The number of hydrogen-bond acceptors (Lipinski definition) is 2. The molecule has 0 saturated carbocycles. The normalized spacial score (nSPS) is 15.2. The molecule has 3 N–H and O–H groups in total. The molecule has 1 atom stereocenters. The molecule has 0 saturated heterocycles. The van der Waals surface area contributed by atoms with Crippen LogP contribution in [-0.2, 0) is 12.8 Å². The first kappa shape index (κ1) is 13.3. The summed E-state index contributed by atoms with van der Waals surface area (Å²) in [6.07, 6.45) is 3.55. The van der Waals surface area contributed by atoms with Crippen LogP contribution >= 0.6 is 0 Å². The minimum Gasteiger partial charge on any atom is -0.271 e. The zero-order valence-corrected chi connectivity index (χ0v) is 11.6. The zero-order valence-electron chi connectivity index (χ0n) is 11.6. The average Bonchev–Trinajstić information content (AvgIpc) is 2.91. The third-order valence-corrected chi connectivity index (χ3v) is 4.14. The molecule has 3 heteroatoms. The number of hydrogen-bond donors (Lipinski definition) is 2. The molecule has 0 aliphatic heterocycles. The molecule has 2 aromatic rings. The molecule has 104 valence electrons. The fraction of sp³-hybridized carbons (Fsp3) is 0.294. The lowest BCUT2D eigenvalue weighted by Crippen LogP contribution is -2.29. The Morgan fingerprint density at radius 3 is 2.50 bits per heavy atom. The highest BCUT2D eigenvalue weighted by molar-refractivity contribution is 5.40. The molecule has 0 fully saturated rings. The number of rotatable bonds is 3. The fourth-order valence-electron chi connectivity index (χ4n) is 3.00. The topological polar surface area (TPSA) is 38.0 Å². The third kappa shape index (κ3) is 2.35. The van der Waals surface area contributed by atoms with Crippen molar-refractivity contribution in [3.05, 3.63) is 70.0 Å². The van der Waals surface area contributed by atoms with E-state index in [0.717, 1.165) is 17.5 Å². The zero-order chi connectivity index (χ0) is 14.1. The SMILES string of the molecule is Cc1cc(C(NN)c2ccc3c(c2)CCC3)ccc1F. The van der Waals surface area contributed by atoms with Gasteiger partial charge in [-0.15, -0.1) is 0 Å². The van der Waals surface area contributed by atoms with Crippen molar-refractivity contribution in [1.82, 2.24) is 5.43 Å². The molecule has 0 radical (unpaired) electrons. The van der Waals surface area contributed by atoms with Gasteiger partial charge in [0.1, 0.15) is 5.82 Å². The quantitative estimate of drug-likeness (QED) is 0.664. The van der Waals surface area contributed by atoms with Crippen LogP contribution in [0.5, 0.6) is 0 Å². The van der Waals surface area contributed by atoms with Crippen LogP contribution in [0.3, 0.4) is 0 Å². The molecule has 20 heavy (non-hydrogen) atoms. The number of halogens is 1. The van der Waals surface area contributed by atoms with Gasteiger partial charge in [0.25, 0.3) is 0 Å². The monoisotopic (exact) mass is 270 g/mol. The summed E-state index contributed by atoms with van der Waals surface area (Å²) >= 11 is 0. The van der Waals surface area contributed by atoms with Crippen LogP contribution in [0.1, 0.15) is 40.3 Å². The minimum absolute atomic E-state index is 0.0970. The summed E-state index contributed by atoms with van der Waals surface area (Å²) in [5.74, 6) is 5.54. The molecule has 0 spiro atoms. The van der Waals surface area contributed by atoms with E-state index in [0.29, 0.717) is 5.56 Å². The first-order valence-electron chi connectivity index (χ1n) is 7.03. The molecule has 1 aliphatic rings. The highest BCUT2D eigenvalue weighted by Gasteiger charge is 2.17. The average molecular weight is 270 g/mol. The number of nitrogens with two attached hydrogens (primary N) is 1. The van der Waals surface area contributed by atoms with Gasteiger partial charge in [-0.25, -0.2) is 9.82 Å². The molecule has 0 aromatic heterocycles. The number of benzene rings is 2. The molecule has 3 rings (SSSR count). The Hall–Kier alpha value is -1.71. The van der Waals surface area contributed by atoms with Gasteiger partial charge < -0.3 is 0 Å². The number of fused-ring (bicyclic) bond motifs is 1. The largest absolute Gasteiger partial charge is 0.271 e. The Morgan fingerprint density at radius 1 is 1.05 bits per heavy atom. The van der Waals surface area contributed by atoms with Crippen molar-refractivity contribution in [3.63, 3.8) is 0 Å². The van der Waals surface area contributed by atoms with Gasteiger partial charge in [-0.3, -0.25) is 5.84 Å². The van der Waals surface area contributed by atoms with Gasteiger partial charge in [0, 0.05) is 0 Å². The maximum Gasteiger partial charge on any atom is 0.126 e. The van der Waals surface area contributed by atoms with Crippen molar-refractivity contribution in [2.75, 3.05) is 0 Å². The van der Waals surface area contributed by atoms with E-state index in [9.17, 15) is 4.39 Å². The van der Waals surface area contributed by atoms with Gasteiger partial charge in [0.05, 0.1) is 6.04 Å². The Kier molecular flexibility index (Phi) is 3.55. The van der Waals surface area contributed by atoms with Crippen LogP contribution in [0.25, 0.3) is 0 Å². The summed E-state index contributed by atoms with van der Waals surface area (Å²) in [5, 5.41) is 0. The van der Waals surface area contributed by atoms with Crippen molar-refractivity contribution in [3.8, 4) is 0 Å². The molecule has 0 amide bonds. The van der Waals surface area contributed by atoms with E-state index in [-0.39, 0.29) is 11.9 Å². The number of nitrogens with one attached hydrogen (secondary N) is 1. The summed E-state index contributed by atoms with van der Waals surface area (Å²) in [6, 6.07) is 11.6. The minimum atomic E-state index is -0.182. The van der Waals surface area contributed by atoms with E-state index < -0.39 is 0 Å². The van der Waals surface area contributed by atoms with Gasteiger partial charge in [-0.05, 0) is 60.1 Å². The second-order valence-corrected chi connectivity index (χ2v) is 5.49. The summed E-state index contributed by atoms with van der Waals surface area (Å²) in [4.78, 5) is 0. The fourth-order valence-corrected chi connectivity index (χ4v) is 3.00. The Balaban J connectivity index is 1.98. The molecule has 2 aromatic carbocycles. The van der Waals surface area contributed by atoms with Gasteiger partial charge in [-0.1, -0.05) is 30.3 Å². The second kappa shape index (κ2) is 5.35. The van der Waals surface area contributed by atoms with Crippen LogP contribution in [0.15, 0.2) is 36.4 Å². The van der Waals surface area contributed by atoms with E-state index in [1.54, 1.807) is 13.0 Å². The van der Waals surface area contributed by atoms with Crippen molar-refractivity contribution in [2.45, 2.75) is 32.2 Å². The lowest BCUT2D eigenvalue weighted by Gasteiger charge is -2.18. The summed E-state index contributed by atoms with van der Waals surface area (Å²) in [5.41, 5.74) is 8.48. The molecular weight excluding hydrogens is 251 g/mol. The van der Waals surface area contributed by atoms with E-state index in [4.69, 9.17) is 5.84 Å². The first-order valence-corrected chi connectivity index (χ1v) is 7.03. The van der Waals surface area contributed by atoms with Crippen molar-refractivity contribution in [1.29, 1.82) is 0 Å². The smallest absolute Gasteiger partial charge is 0.126 e. The molecular formula is C17H19FN2. The molecule has 2 nitrogen and oxygen atoms in total.